The van der Waals surface area contributed by atoms with Crippen molar-refractivity contribution in [1.82, 2.24) is 9.88 Å². The average Bonchev–Trinajstić information content (AvgIpc) is 2.70. The van der Waals surface area contributed by atoms with E-state index in [2.05, 4.69) is 38.9 Å². The van der Waals surface area contributed by atoms with Crippen molar-refractivity contribution in [2.75, 3.05) is 7.05 Å². The Balaban J connectivity index is 1.93. The molecule has 4 heteroatoms. The summed E-state index contributed by atoms with van der Waals surface area (Å²) in [4.78, 5) is 6.78. The molecule has 0 saturated carbocycles. The molecule has 3 rings (SSSR count). The highest BCUT2D eigenvalue weighted by Crippen LogP contribution is 2.37. The van der Waals surface area contributed by atoms with Crippen LogP contribution in [0.2, 0.25) is 0 Å². The smallest absolute Gasteiger partial charge is 0.222 e. The van der Waals surface area contributed by atoms with E-state index in [1.54, 1.807) is 6.26 Å². The summed E-state index contributed by atoms with van der Waals surface area (Å²) in [5.74, 6) is 0.784. The van der Waals surface area contributed by atoms with Crippen LogP contribution in [0.1, 0.15) is 25.2 Å². The third-order valence-electron chi connectivity index (χ3n) is 3.49. The zero-order valence-electron chi connectivity index (χ0n) is 8.61. The first kappa shape index (κ1) is 9.60. The molecular weight excluding hydrogens is 256 g/mol. The lowest BCUT2D eigenvalue weighted by atomic mass is 10.0. The lowest BCUT2D eigenvalue weighted by molar-refractivity contribution is 0.263. The van der Waals surface area contributed by atoms with Crippen LogP contribution in [0.3, 0.4) is 0 Å². The molecule has 2 aliphatic heterocycles. The van der Waals surface area contributed by atoms with Gasteiger partial charge < -0.3 is 4.42 Å². The monoisotopic (exact) mass is 268 g/mol. The molecule has 3 heterocycles. The average molecular weight is 269 g/mol. The van der Waals surface area contributed by atoms with Gasteiger partial charge in [0.1, 0.15) is 10.9 Å². The van der Waals surface area contributed by atoms with Crippen LogP contribution < -0.4 is 0 Å². The summed E-state index contributed by atoms with van der Waals surface area (Å²) in [6.45, 7) is 0. The Morgan fingerprint density at radius 2 is 2.40 bits per heavy atom. The van der Waals surface area contributed by atoms with Gasteiger partial charge in [-0.2, -0.15) is 0 Å². The number of hydrogen-bond donors (Lipinski definition) is 0. The van der Waals surface area contributed by atoms with E-state index in [1.807, 2.05) is 0 Å². The maximum atomic E-state index is 5.42. The van der Waals surface area contributed by atoms with Gasteiger partial charge in [0.2, 0.25) is 5.89 Å². The largest absolute Gasteiger partial charge is 0.444 e. The molecule has 3 nitrogen and oxygen atoms in total. The molecule has 1 aromatic heterocycles. The molecule has 80 valence electrons. The molecule has 2 bridgehead atoms. The summed E-state index contributed by atoms with van der Waals surface area (Å²) in [5, 5.41) is 0. The van der Waals surface area contributed by atoms with E-state index in [0.29, 0.717) is 12.1 Å². The SMILES string of the molecule is CN1C2C=C(c3nc(Br)co3)CC1CC2. The van der Waals surface area contributed by atoms with Crippen molar-refractivity contribution in [3.8, 4) is 0 Å². The van der Waals surface area contributed by atoms with Crippen LogP contribution in [0.5, 0.6) is 0 Å². The first-order valence-corrected chi connectivity index (χ1v) is 6.07. The molecule has 1 aromatic rings. The Kier molecular flexibility index (Phi) is 2.21. The van der Waals surface area contributed by atoms with Crippen LogP contribution in [-0.4, -0.2) is 29.0 Å². The van der Waals surface area contributed by atoms with Crippen molar-refractivity contribution in [3.63, 3.8) is 0 Å². The minimum absolute atomic E-state index is 0.587. The molecule has 0 radical (unpaired) electrons. The number of likely N-dealkylation sites (N-methyl/N-ethyl adjacent to an activating group) is 1. The maximum Gasteiger partial charge on any atom is 0.222 e. The molecule has 0 aromatic carbocycles. The second kappa shape index (κ2) is 3.46. The first-order chi connectivity index (χ1) is 7.24. The summed E-state index contributed by atoms with van der Waals surface area (Å²) < 4.78 is 6.20. The number of oxazole rings is 1. The predicted octanol–water partition coefficient (Wildman–Crippen LogP) is 2.69. The summed E-state index contributed by atoms with van der Waals surface area (Å²) in [6.07, 6.45) is 7.59. The number of fused-ring (bicyclic) bond motifs is 2. The zero-order chi connectivity index (χ0) is 10.4. The summed E-state index contributed by atoms with van der Waals surface area (Å²) in [5.41, 5.74) is 1.27. The highest BCUT2D eigenvalue weighted by atomic mass is 79.9. The van der Waals surface area contributed by atoms with E-state index < -0.39 is 0 Å². The third kappa shape index (κ3) is 1.56. The molecule has 1 fully saturated rings. The van der Waals surface area contributed by atoms with Gasteiger partial charge in [-0.25, -0.2) is 4.98 Å². The van der Waals surface area contributed by atoms with E-state index in [1.165, 1.54) is 18.4 Å². The maximum absolute atomic E-state index is 5.42. The normalized spacial score (nSPS) is 30.7. The lowest BCUT2D eigenvalue weighted by Crippen LogP contribution is -2.34. The highest BCUT2D eigenvalue weighted by Gasteiger charge is 2.35. The van der Waals surface area contributed by atoms with Crippen LogP contribution in [0, 0.1) is 0 Å². The predicted molar refractivity (Wildman–Crippen MR) is 61.4 cm³/mol. The Hall–Kier alpha value is -0.610. The van der Waals surface area contributed by atoms with Crippen LogP contribution in [0.15, 0.2) is 21.4 Å². The molecule has 0 spiro atoms. The minimum atomic E-state index is 0.587. The van der Waals surface area contributed by atoms with Gasteiger partial charge in [0.05, 0.1) is 0 Å². The molecule has 0 N–H and O–H groups in total. The van der Waals surface area contributed by atoms with Gasteiger partial charge in [-0.3, -0.25) is 4.90 Å². The molecule has 0 amide bonds. The van der Waals surface area contributed by atoms with Crippen LogP contribution in [0.25, 0.3) is 5.57 Å². The van der Waals surface area contributed by atoms with Crippen LogP contribution in [0.4, 0.5) is 0 Å². The number of rotatable bonds is 1. The summed E-state index contributed by atoms with van der Waals surface area (Å²) >= 11 is 3.31. The molecule has 2 atom stereocenters. The van der Waals surface area contributed by atoms with Crippen molar-refractivity contribution in [2.24, 2.45) is 0 Å². The fraction of sp³-hybridized carbons (Fsp3) is 0.545. The van der Waals surface area contributed by atoms with E-state index in [4.69, 9.17) is 4.42 Å². The van der Waals surface area contributed by atoms with Gasteiger partial charge in [-0.15, -0.1) is 0 Å². The van der Waals surface area contributed by atoms with Crippen molar-refractivity contribution in [1.29, 1.82) is 0 Å². The lowest BCUT2D eigenvalue weighted by Gasteiger charge is -2.29. The van der Waals surface area contributed by atoms with Gasteiger partial charge in [-0.1, -0.05) is 6.08 Å². The van der Waals surface area contributed by atoms with E-state index in [9.17, 15) is 0 Å². The van der Waals surface area contributed by atoms with Crippen molar-refractivity contribution in [3.05, 3.63) is 22.8 Å². The van der Waals surface area contributed by atoms with Crippen molar-refractivity contribution < 1.29 is 4.42 Å². The van der Waals surface area contributed by atoms with E-state index in [0.717, 1.165) is 16.9 Å². The number of aromatic nitrogens is 1. The standard InChI is InChI=1S/C11H13BrN2O/c1-14-8-2-3-9(14)5-7(4-8)11-13-10(12)6-15-11/h4,6,8-9H,2-3,5H2,1H3. The minimum Gasteiger partial charge on any atom is -0.444 e. The Labute approximate surface area is 97.3 Å². The fourth-order valence-corrected chi connectivity index (χ4v) is 2.86. The van der Waals surface area contributed by atoms with Gasteiger partial charge in [0.15, 0.2) is 0 Å². The Bertz CT molecular complexity index is 412. The number of halogens is 1. The number of nitrogens with zero attached hydrogens (tertiary/aromatic N) is 2. The van der Waals surface area contributed by atoms with Gasteiger partial charge in [-0.05, 0) is 42.2 Å². The molecule has 15 heavy (non-hydrogen) atoms. The molecular formula is C11H13BrN2O. The molecule has 2 aliphatic rings. The number of hydrogen-bond acceptors (Lipinski definition) is 3. The third-order valence-corrected chi connectivity index (χ3v) is 3.86. The second-order valence-corrected chi connectivity index (χ2v) is 5.15. The Morgan fingerprint density at radius 1 is 1.53 bits per heavy atom. The van der Waals surface area contributed by atoms with Crippen LogP contribution >= 0.6 is 15.9 Å². The van der Waals surface area contributed by atoms with Crippen molar-refractivity contribution in [2.45, 2.75) is 31.3 Å². The summed E-state index contributed by atoms with van der Waals surface area (Å²) in [7, 11) is 2.21. The van der Waals surface area contributed by atoms with E-state index in [-0.39, 0.29) is 0 Å². The van der Waals surface area contributed by atoms with Gasteiger partial charge >= 0.3 is 0 Å². The van der Waals surface area contributed by atoms with Crippen molar-refractivity contribution >= 4 is 21.5 Å². The quantitative estimate of drug-likeness (QED) is 0.785. The molecule has 2 unspecified atom stereocenters. The second-order valence-electron chi connectivity index (χ2n) is 4.34. The van der Waals surface area contributed by atoms with Gasteiger partial charge in [0.25, 0.3) is 0 Å². The summed E-state index contributed by atoms with van der Waals surface area (Å²) in [6, 6.07) is 1.27. The first-order valence-electron chi connectivity index (χ1n) is 5.28. The van der Waals surface area contributed by atoms with Crippen LogP contribution in [-0.2, 0) is 0 Å². The Morgan fingerprint density at radius 3 is 3.07 bits per heavy atom. The molecule has 1 saturated heterocycles. The highest BCUT2D eigenvalue weighted by molar-refractivity contribution is 9.10. The van der Waals surface area contributed by atoms with E-state index >= 15 is 0 Å². The fourth-order valence-electron chi connectivity index (χ4n) is 2.60. The van der Waals surface area contributed by atoms with Gasteiger partial charge in [0, 0.05) is 17.7 Å². The molecule has 0 aliphatic carbocycles. The topological polar surface area (TPSA) is 29.3 Å². The zero-order valence-corrected chi connectivity index (χ0v) is 10.2.